The van der Waals surface area contributed by atoms with Crippen molar-refractivity contribution in [3.8, 4) is 0 Å². The summed E-state index contributed by atoms with van der Waals surface area (Å²) in [5.74, 6) is -1.42. The van der Waals surface area contributed by atoms with Crippen LogP contribution in [0.5, 0.6) is 0 Å². The van der Waals surface area contributed by atoms with E-state index in [2.05, 4.69) is 5.32 Å². The first-order valence-electron chi connectivity index (χ1n) is 14.6. The minimum absolute atomic E-state index is 0.0748. The minimum atomic E-state index is -1.03. The molecule has 1 aromatic heterocycles. The van der Waals surface area contributed by atoms with Crippen molar-refractivity contribution in [3.05, 3.63) is 135 Å². The molecule has 1 aliphatic rings. The highest BCUT2D eigenvalue weighted by atomic mass is 16.7. The van der Waals surface area contributed by atoms with Gasteiger partial charge >= 0.3 is 5.97 Å². The van der Waals surface area contributed by atoms with Crippen LogP contribution in [0.25, 0.3) is 0 Å². The van der Waals surface area contributed by atoms with Crippen LogP contribution in [0.1, 0.15) is 58.5 Å². The molecule has 0 aliphatic carbocycles. The van der Waals surface area contributed by atoms with Gasteiger partial charge < -0.3 is 20.5 Å². The number of Topliss-reactive ketones (excluding diaryl/α,β-unsaturated/α-hetero) is 1. The van der Waals surface area contributed by atoms with E-state index in [0.717, 1.165) is 16.7 Å². The van der Waals surface area contributed by atoms with E-state index in [9.17, 15) is 19.2 Å². The third-order valence-corrected chi connectivity index (χ3v) is 7.66. The van der Waals surface area contributed by atoms with E-state index in [1.165, 1.54) is 4.57 Å². The first-order valence-corrected chi connectivity index (χ1v) is 14.6. The predicted octanol–water partition coefficient (Wildman–Crippen LogP) is 4.37. The minimum Gasteiger partial charge on any atom is -0.433 e. The molecule has 44 heavy (non-hydrogen) atoms. The third kappa shape index (κ3) is 7.30. The number of rotatable bonds is 12. The smallest absolute Gasteiger partial charge is 0.310 e. The highest BCUT2D eigenvalue weighted by molar-refractivity contribution is 6.00. The predicted molar refractivity (Wildman–Crippen MR) is 166 cm³/mol. The Morgan fingerprint density at radius 2 is 1.52 bits per heavy atom. The molecule has 1 amide bonds. The van der Waals surface area contributed by atoms with E-state index in [1.54, 1.807) is 13.0 Å². The van der Waals surface area contributed by atoms with Crippen molar-refractivity contribution in [1.82, 2.24) is 9.88 Å². The quantitative estimate of drug-likeness (QED) is 0.184. The third-order valence-electron chi connectivity index (χ3n) is 7.66. The summed E-state index contributed by atoms with van der Waals surface area (Å²) in [5, 5.41) is 2.84. The van der Waals surface area contributed by atoms with Gasteiger partial charge in [-0.05, 0) is 36.1 Å². The van der Waals surface area contributed by atoms with E-state index in [-0.39, 0.29) is 30.7 Å². The van der Waals surface area contributed by atoms with Crippen LogP contribution in [0, 0.1) is 0 Å². The van der Waals surface area contributed by atoms with Crippen LogP contribution < -0.4 is 16.6 Å². The fourth-order valence-corrected chi connectivity index (χ4v) is 5.35. The van der Waals surface area contributed by atoms with Gasteiger partial charge in [-0.25, -0.2) is 0 Å². The van der Waals surface area contributed by atoms with Gasteiger partial charge in [0.15, 0.2) is 5.78 Å². The second-order valence-corrected chi connectivity index (χ2v) is 10.9. The van der Waals surface area contributed by atoms with Gasteiger partial charge in [-0.15, -0.1) is 0 Å². The summed E-state index contributed by atoms with van der Waals surface area (Å²) in [5.41, 5.74) is 8.87. The fraction of sp³-hybridized carbons (Fsp3) is 0.257. The van der Waals surface area contributed by atoms with Crippen LogP contribution in [0.15, 0.2) is 102 Å². The van der Waals surface area contributed by atoms with E-state index in [0.29, 0.717) is 18.5 Å². The molecular formula is C35H35N3O6. The van der Waals surface area contributed by atoms with Crippen LogP contribution >= 0.6 is 0 Å². The zero-order valence-corrected chi connectivity index (χ0v) is 24.5. The summed E-state index contributed by atoms with van der Waals surface area (Å²) in [7, 11) is 0. The number of aromatic nitrogens is 1. The number of carbonyl (C=O) groups excluding carboxylic acids is 3. The van der Waals surface area contributed by atoms with Crippen LogP contribution in [0.4, 0.5) is 5.69 Å². The molecule has 2 heterocycles. The van der Waals surface area contributed by atoms with Gasteiger partial charge in [0.2, 0.25) is 12.2 Å². The number of anilines is 1. The molecule has 1 fully saturated rings. The number of hydrogen-bond donors (Lipinski definition) is 2. The fourth-order valence-electron chi connectivity index (χ4n) is 5.35. The second-order valence-electron chi connectivity index (χ2n) is 10.9. The number of benzene rings is 3. The highest BCUT2D eigenvalue weighted by Crippen LogP contribution is 2.22. The molecule has 1 saturated heterocycles. The largest absolute Gasteiger partial charge is 0.433 e. The van der Waals surface area contributed by atoms with Crippen molar-refractivity contribution in [2.45, 2.75) is 57.6 Å². The number of ether oxygens (including phenoxy) is 2. The standard InChI is InChI=1S/C35H35N3O6/c1-23(33(41)37-29-21-31(40)44-35(29)43-22-26-15-9-4-10-16-26)38-27(19-25-13-7-3-8-14-25)20-28(36)32(34(38)42)30(39)18-17-24-11-5-2-6-12-24/h2-16,20,23,29,35H,17-19,21-22,36H2,1H3,(H,37,41). The summed E-state index contributed by atoms with van der Waals surface area (Å²) in [6, 6.07) is 28.2. The molecule has 5 rings (SSSR count). The Morgan fingerprint density at radius 1 is 0.932 bits per heavy atom. The lowest BCUT2D eigenvalue weighted by Gasteiger charge is -2.24. The summed E-state index contributed by atoms with van der Waals surface area (Å²) in [6.45, 7) is 1.77. The molecule has 3 unspecified atom stereocenters. The van der Waals surface area contributed by atoms with Gasteiger partial charge in [-0.2, -0.15) is 0 Å². The molecule has 3 N–H and O–H groups in total. The Labute approximate surface area is 255 Å². The molecule has 0 radical (unpaired) electrons. The maximum absolute atomic E-state index is 14.0. The number of nitrogens with zero attached hydrogens (tertiary/aromatic N) is 1. The first-order chi connectivity index (χ1) is 21.3. The van der Waals surface area contributed by atoms with Crippen LogP contribution in [-0.4, -0.2) is 34.6 Å². The van der Waals surface area contributed by atoms with Gasteiger partial charge in [-0.1, -0.05) is 91.0 Å². The zero-order chi connectivity index (χ0) is 31.1. The summed E-state index contributed by atoms with van der Waals surface area (Å²) < 4.78 is 12.5. The zero-order valence-electron chi connectivity index (χ0n) is 24.5. The number of carbonyl (C=O) groups is 3. The van der Waals surface area contributed by atoms with Gasteiger partial charge in [0.1, 0.15) is 17.6 Å². The van der Waals surface area contributed by atoms with Crippen molar-refractivity contribution in [1.29, 1.82) is 0 Å². The number of nitrogens with two attached hydrogens (primary N) is 1. The molecule has 0 spiro atoms. The molecule has 3 aromatic carbocycles. The highest BCUT2D eigenvalue weighted by Gasteiger charge is 2.38. The number of hydrogen-bond acceptors (Lipinski definition) is 7. The number of pyridine rings is 1. The Kier molecular flexibility index (Phi) is 9.66. The normalized spacial score (nSPS) is 16.7. The number of nitrogen functional groups attached to an aromatic ring is 1. The molecule has 4 aromatic rings. The molecule has 1 aliphatic heterocycles. The Balaban J connectivity index is 1.40. The maximum Gasteiger partial charge on any atom is 0.310 e. The van der Waals surface area contributed by atoms with Gasteiger partial charge in [0.05, 0.1) is 13.0 Å². The van der Waals surface area contributed by atoms with Crippen molar-refractivity contribution in [2.75, 3.05) is 5.73 Å². The lowest BCUT2D eigenvalue weighted by Crippen LogP contribution is -2.46. The van der Waals surface area contributed by atoms with Gasteiger partial charge in [0, 0.05) is 24.2 Å². The second kappa shape index (κ2) is 14.0. The summed E-state index contributed by atoms with van der Waals surface area (Å²) in [6.07, 6.45) is -0.218. The summed E-state index contributed by atoms with van der Waals surface area (Å²) >= 11 is 0. The number of esters is 1. The molecule has 0 bridgehead atoms. The molecule has 9 nitrogen and oxygen atoms in total. The van der Waals surface area contributed by atoms with Crippen molar-refractivity contribution in [3.63, 3.8) is 0 Å². The lowest BCUT2D eigenvalue weighted by atomic mass is 10.00. The average molecular weight is 594 g/mol. The van der Waals surface area contributed by atoms with Crippen molar-refractivity contribution >= 4 is 23.3 Å². The van der Waals surface area contributed by atoms with Gasteiger partial charge in [-0.3, -0.25) is 23.7 Å². The van der Waals surface area contributed by atoms with E-state index in [1.807, 2.05) is 91.0 Å². The van der Waals surface area contributed by atoms with E-state index < -0.39 is 41.6 Å². The van der Waals surface area contributed by atoms with E-state index >= 15 is 0 Å². The monoisotopic (exact) mass is 593 g/mol. The number of nitrogens with one attached hydrogen (secondary N) is 1. The molecule has 9 heteroatoms. The molecule has 226 valence electrons. The maximum atomic E-state index is 14.0. The molecule has 0 saturated carbocycles. The Morgan fingerprint density at radius 3 is 2.16 bits per heavy atom. The van der Waals surface area contributed by atoms with Crippen LogP contribution in [0.3, 0.4) is 0 Å². The first kappa shape index (κ1) is 30.4. The van der Waals surface area contributed by atoms with Crippen molar-refractivity contribution in [2.24, 2.45) is 0 Å². The van der Waals surface area contributed by atoms with Crippen LogP contribution in [-0.2, 0) is 38.5 Å². The SMILES string of the molecule is CC(C(=O)NC1CC(=O)OC1OCc1ccccc1)n1c(Cc2ccccc2)cc(N)c(C(=O)CCc2ccccc2)c1=O. The van der Waals surface area contributed by atoms with Crippen LogP contribution in [0.2, 0.25) is 0 Å². The topological polar surface area (TPSA) is 130 Å². The Hall–Kier alpha value is -5.02. The average Bonchev–Trinajstić information content (AvgIpc) is 3.38. The number of ketones is 1. The summed E-state index contributed by atoms with van der Waals surface area (Å²) in [4.78, 5) is 53.2. The number of amides is 1. The van der Waals surface area contributed by atoms with Gasteiger partial charge in [0.25, 0.3) is 5.56 Å². The molecule has 3 atom stereocenters. The molecular weight excluding hydrogens is 558 g/mol. The van der Waals surface area contributed by atoms with Crippen molar-refractivity contribution < 1.29 is 23.9 Å². The Bertz CT molecular complexity index is 1670. The number of aryl methyl sites for hydroxylation is 1. The lowest BCUT2D eigenvalue weighted by molar-refractivity contribution is -0.168. The number of cyclic esters (lactones) is 1. The van der Waals surface area contributed by atoms with E-state index in [4.69, 9.17) is 15.2 Å².